The molecule has 1 aliphatic carbocycles. The van der Waals surface area contributed by atoms with E-state index < -0.39 is 0 Å². The highest BCUT2D eigenvalue weighted by Crippen LogP contribution is 2.25. The lowest BCUT2D eigenvalue weighted by atomic mass is 9.85. The molecule has 0 radical (unpaired) electrons. The van der Waals surface area contributed by atoms with Crippen LogP contribution in [0.5, 0.6) is 0 Å². The van der Waals surface area contributed by atoms with Gasteiger partial charge in [0, 0.05) is 25.6 Å². The Balaban J connectivity index is 1.89. The van der Waals surface area contributed by atoms with E-state index in [4.69, 9.17) is 5.73 Å². The van der Waals surface area contributed by atoms with Crippen molar-refractivity contribution in [2.24, 2.45) is 11.7 Å². The largest absolute Gasteiger partial charge is 0.341 e. The van der Waals surface area contributed by atoms with Crippen LogP contribution in [0, 0.1) is 5.92 Å². The van der Waals surface area contributed by atoms with E-state index in [9.17, 15) is 4.79 Å². The van der Waals surface area contributed by atoms with Crippen molar-refractivity contribution in [1.82, 2.24) is 4.90 Å². The highest BCUT2D eigenvalue weighted by Gasteiger charge is 2.26. The van der Waals surface area contributed by atoms with Gasteiger partial charge in [-0.15, -0.1) is 0 Å². The lowest BCUT2D eigenvalue weighted by Crippen LogP contribution is -2.37. The predicted molar refractivity (Wildman–Crippen MR) is 82.2 cm³/mol. The minimum atomic E-state index is 0.176. The van der Waals surface area contributed by atoms with Crippen LogP contribution in [-0.2, 0) is 17.8 Å². The van der Waals surface area contributed by atoms with Crippen LogP contribution in [-0.4, -0.2) is 23.9 Å². The number of rotatable bonds is 4. The van der Waals surface area contributed by atoms with E-state index in [0.717, 1.165) is 32.1 Å². The molecule has 1 fully saturated rings. The van der Waals surface area contributed by atoms with Gasteiger partial charge < -0.3 is 10.6 Å². The first-order chi connectivity index (χ1) is 9.60. The molecule has 0 heterocycles. The fourth-order valence-corrected chi connectivity index (χ4v) is 2.91. The summed E-state index contributed by atoms with van der Waals surface area (Å²) in [4.78, 5) is 14.3. The molecule has 1 aromatic carbocycles. The topological polar surface area (TPSA) is 46.3 Å². The summed E-state index contributed by atoms with van der Waals surface area (Å²) in [7, 11) is 1.91. The average molecular weight is 274 g/mol. The van der Waals surface area contributed by atoms with Crippen molar-refractivity contribution in [1.29, 1.82) is 0 Å². The highest BCUT2D eigenvalue weighted by atomic mass is 16.2. The van der Waals surface area contributed by atoms with Gasteiger partial charge in [0.15, 0.2) is 0 Å². The molecule has 0 unspecified atom stereocenters. The monoisotopic (exact) mass is 274 g/mol. The van der Waals surface area contributed by atoms with E-state index in [1.54, 1.807) is 0 Å². The number of benzene rings is 1. The van der Waals surface area contributed by atoms with E-state index >= 15 is 0 Å². The van der Waals surface area contributed by atoms with Gasteiger partial charge in [0.2, 0.25) is 5.91 Å². The molecule has 0 aliphatic heterocycles. The second-order valence-electron chi connectivity index (χ2n) is 5.98. The first kappa shape index (κ1) is 15.0. The Morgan fingerprint density at radius 3 is 2.25 bits per heavy atom. The van der Waals surface area contributed by atoms with Gasteiger partial charge in [-0.25, -0.2) is 0 Å². The number of nitrogens with zero attached hydrogens (tertiary/aromatic N) is 1. The first-order valence-electron chi connectivity index (χ1n) is 7.68. The van der Waals surface area contributed by atoms with Gasteiger partial charge >= 0.3 is 0 Å². The second kappa shape index (κ2) is 6.89. The Morgan fingerprint density at radius 1 is 1.15 bits per heavy atom. The molecular formula is C17H26N2O. The van der Waals surface area contributed by atoms with Crippen molar-refractivity contribution in [2.75, 3.05) is 7.05 Å². The van der Waals surface area contributed by atoms with Crippen LogP contribution in [0.1, 0.15) is 43.7 Å². The van der Waals surface area contributed by atoms with Crippen LogP contribution >= 0.6 is 0 Å². The Morgan fingerprint density at radius 2 is 1.70 bits per heavy atom. The van der Waals surface area contributed by atoms with Gasteiger partial charge in [0.25, 0.3) is 0 Å². The summed E-state index contributed by atoms with van der Waals surface area (Å²) in [6.45, 7) is 2.85. The van der Waals surface area contributed by atoms with E-state index in [2.05, 4.69) is 31.2 Å². The quantitative estimate of drug-likeness (QED) is 0.917. The molecule has 0 saturated heterocycles. The third kappa shape index (κ3) is 3.83. The minimum absolute atomic E-state index is 0.176. The maximum Gasteiger partial charge on any atom is 0.225 e. The smallest absolute Gasteiger partial charge is 0.225 e. The third-order valence-corrected chi connectivity index (χ3v) is 4.35. The van der Waals surface area contributed by atoms with E-state index in [1.807, 2.05) is 11.9 Å². The Labute approximate surface area is 122 Å². The van der Waals surface area contributed by atoms with Crippen LogP contribution in [0.15, 0.2) is 24.3 Å². The Bertz CT molecular complexity index is 433. The van der Waals surface area contributed by atoms with E-state index in [-0.39, 0.29) is 11.8 Å². The summed E-state index contributed by atoms with van der Waals surface area (Å²) < 4.78 is 0. The zero-order chi connectivity index (χ0) is 14.5. The molecule has 2 N–H and O–H groups in total. The summed E-state index contributed by atoms with van der Waals surface area (Å²) in [6, 6.07) is 8.84. The molecule has 1 amide bonds. The Hall–Kier alpha value is -1.35. The van der Waals surface area contributed by atoms with Crippen LogP contribution < -0.4 is 5.73 Å². The van der Waals surface area contributed by atoms with Gasteiger partial charge in [0.1, 0.15) is 0 Å². The van der Waals surface area contributed by atoms with Crippen LogP contribution in [0.25, 0.3) is 0 Å². The van der Waals surface area contributed by atoms with Gasteiger partial charge in [0.05, 0.1) is 0 Å². The molecule has 0 bridgehead atoms. The summed E-state index contributed by atoms with van der Waals surface area (Å²) in [5.74, 6) is 0.450. The predicted octanol–water partition coefficient (Wildman–Crippen LogP) is 2.72. The van der Waals surface area contributed by atoms with E-state index in [0.29, 0.717) is 12.6 Å². The van der Waals surface area contributed by atoms with Gasteiger partial charge in [-0.3, -0.25) is 4.79 Å². The number of hydrogen-bond acceptors (Lipinski definition) is 2. The van der Waals surface area contributed by atoms with Crippen molar-refractivity contribution in [3.05, 3.63) is 35.4 Å². The molecule has 0 aromatic heterocycles. The molecule has 20 heavy (non-hydrogen) atoms. The minimum Gasteiger partial charge on any atom is -0.341 e. The number of carbonyl (C=O) groups excluding carboxylic acids is 1. The van der Waals surface area contributed by atoms with Crippen molar-refractivity contribution in [3.8, 4) is 0 Å². The van der Waals surface area contributed by atoms with Crippen molar-refractivity contribution in [3.63, 3.8) is 0 Å². The molecule has 1 aromatic rings. The number of carbonyl (C=O) groups is 1. The maximum atomic E-state index is 12.4. The average Bonchev–Trinajstić information content (AvgIpc) is 2.48. The molecule has 0 spiro atoms. The lowest BCUT2D eigenvalue weighted by molar-refractivity contribution is -0.135. The SMILES string of the molecule is CCc1ccc(CN(C)C(=O)C2CCC(N)CC2)cc1. The fraction of sp³-hybridized carbons (Fsp3) is 0.588. The normalized spacial score (nSPS) is 22.6. The molecule has 1 saturated carbocycles. The third-order valence-electron chi connectivity index (χ3n) is 4.35. The summed E-state index contributed by atoms with van der Waals surface area (Å²) in [6.07, 6.45) is 4.90. The summed E-state index contributed by atoms with van der Waals surface area (Å²) in [5, 5.41) is 0. The molecule has 3 nitrogen and oxygen atoms in total. The Kier molecular flexibility index (Phi) is 5.18. The molecule has 1 aliphatic rings. The van der Waals surface area contributed by atoms with E-state index in [1.165, 1.54) is 11.1 Å². The molecule has 110 valence electrons. The van der Waals surface area contributed by atoms with Gasteiger partial charge in [-0.05, 0) is 43.2 Å². The highest BCUT2D eigenvalue weighted by molar-refractivity contribution is 5.78. The summed E-state index contributed by atoms with van der Waals surface area (Å²) in [5.41, 5.74) is 8.44. The van der Waals surface area contributed by atoms with Crippen LogP contribution in [0.4, 0.5) is 0 Å². The van der Waals surface area contributed by atoms with Crippen molar-refractivity contribution >= 4 is 5.91 Å². The molecule has 2 rings (SSSR count). The second-order valence-corrected chi connectivity index (χ2v) is 5.98. The number of hydrogen-bond donors (Lipinski definition) is 1. The summed E-state index contributed by atoms with van der Waals surface area (Å²) >= 11 is 0. The number of aryl methyl sites for hydroxylation is 1. The zero-order valence-corrected chi connectivity index (χ0v) is 12.6. The molecule has 3 heteroatoms. The van der Waals surface area contributed by atoms with Crippen LogP contribution in [0.2, 0.25) is 0 Å². The van der Waals surface area contributed by atoms with Gasteiger partial charge in [-0.2, -0.15) is 0 Å². The lowest BCUT2D eigenvalue weighted by Gasteiger charge is -2.29. The van der Waals surface area contributed by atoms with Gasteiger partial charge in [-0.1, -0.05) is 31.2 Å². The molecular weight excluding hydrogens is 248 g/mol. The fourth-order valence-electron chi connectivity index (χ4n) is 2.91. The molecule has 0 atom stereocenters. The number of amides is 1. The number of nitrogens with two attached hydrogens (primary N) is 1. The first-order valence-corrected chi connectivity index (χ1v) is 7.68. The van der Waals surface area contributed by atoms with Crippen molar-refractivity contribution in [2.45, 2.75) is 51.6 Å². The van der Waals surface area contributed by atoms with Crippen LogP contribution in [0.3, 0.4) is 0 Å². The zero-order valence-electron chi connectivity index (χ0n) is 12.6. The standard InChI is InChI=1S/C17H26N2O/c1-3-13-4-6-14(7-5-13)12-19(2)17(20)15-8-10-16(18)11-9-15/h4-7,15-16H,3,8-12,18H2,1-2H3. The maximum absolute atomic E-state index is 12.4. The van der Waals surface area contributed by atoms with Crippen molar-refractivity contribution < 1.29 is 4.79 Å².